The summed E-state index contributed by atoms with van der Waals surface area (Å²) in [6.07, 6.45) is 2.47. The van der Waals surface area contributed by atoms with Crippen LogP contribution in [0, 0.1) is 10.1 Å². The Labute approximate surface area is 154 Å². The quantitative estimate of drug-likeness (QED) is 0.569. The summed E-state index contributed by atoms with van der Waals surface area (Å²) in [5.74, 6) is -0.727. The molecule has 0 bridgehead atoms. The van der Waals surface area contributed by atoms with Crippen molar-refractivity contribution in [3.05, 3.63) is 52.5 Å². The van der Waals surface area contributed by atoms with E-state index in [1.54, 1.807) is 4.90 Å². The van der Waals surface area contributed by atoms with Gasteiger partial charge < -0.3 is 10.0 Å². The Morgan fingerprint density at radius 2 is 1.85 bits per heavy atom. The van der Waals surface area contributed by atoms with Crippen LogP contribution in [0.1, 0.15) is 10.5 Å². The molecule has 3 rings (SSSR count). The lowest BCUT2D eigenvalue weighted by Gasteiger charge is -2.34. The summed E-state index contributed by atoms with van der Waals surface area (Å²) >= 11 is 0. The largest absolute Gasteiger partial charge is 0.476 e. The van der Waals surface area contributed by atoms with E-state index < -0.39 is 20.9 Å². The number of non-ortho nitro benzene ring substituents is 1. The number of hydrogen-bond acceptors (Lipinski definition) is 8. The van der Waals surface area contributed by atoms with Crippen LogP contribution in [0.4, 0.5) is 11.5 Å². The van der Waals surface area contributed by atoms with Crippen molar-refractivity contribution < 1.29 is 23.2 Å². The maximum Gasteiger partial charge on any atom is 0.356 e. The average molecular weight is 393 g/mol. The van der Waals surface area contributed by atoms with Crippen molar-refractivity contribution in [2.24, 2.45) is 0 Å². The first-order valence-corrected chi connectivity index (χ1v) is 9.28. The van der Waals surface area contributed by atoms with E-state index in [9.17, 15) is 23.3 Å². The number of carboxylic acids is 1. The fourth-order valence-corrected chi connectivity index (χ4v) is 4.12. The number of aromatic nitrogens is 2. The van der Waals surface area contributed by atoms with Crippen LogP contribution in [-0.2, 0) is 10.0 Å². The minimum atomic E-state index is -3.85. The molecule has 0 spiro atoms. The van der Waals surface area contributed by atoms with Gasteiger partial charge in [-0.1, -0.05) is 6.07 Å². The zero-order chi connectivity index (χ0) is 19.6. The first-order chi connectivity index (χ1) is 12.8. The third-order valence-electron chi connectivity index (χ3n) is 4.09. The maximum atomic E-state index is 12.7. The van der Waals surface area contributed by atoms with Crippen LogP contribution < -0.4 is 4.90 Å². The number of carboxylic acid groups (broad SMARTS) is 1. The summed E-state index contributed by atoms with van der Waals surface area (Å²) < 4.78 is 26.7. The highest BCUT2D eigenvalue weighted by atomic mass is 32.2. The standard InChI is InChI=1S/C15H15N5O6S/c21-15(22)13-9-17-14(10-16-13)18-4-6-19(7-5-18)27(25,26)12-3-1-2-11(8-12)20(23)24/h1-3,8-10H,4-7H2,(H,21,22). The third kappa shape index (κ3) is 3.85. The van der Waals surface area contributed by atoms with Crippen molar-refractivity contribution in [3.63, 3.8) is 0 Å². The highest BCUT2D eigenvalue weighted by Crippen LogP contribution is 2.23. The molecule has 142 valence electrons. The topological polar surface area (TPSA) is 147 Å². The number of anilines is 1. The molecule has 1 aromatic carbocycles. The monoisotopic (exact) mass is 393 g/mol. The van der Waals surface area contributed by atoms with Crippen molar-refractivity contribution >= 4 is 27.5 Å². The molecule has 27 heavy (non-hydrogen) atoms. The number of carbonyl (C=O) groups is 1. The van der Waals surface area contributed by atoms with Gasteiger partial charge in [-0.2, -0.15) is 4.31 Å². The minimum absolute atomic E-state index is 0.129. The third-order valence-corrected chi connectivity index (χ3v) is 5.98. The van der Waals surface area contributed by atoms with Crippen molar-refractivity contribution in [1.29, 1.82) is 0 Å². The Bertz CT molecular complexity index is 970. The van der Waals surface area contributed by atoms with Crippen molar-refractivity contribution in [2.45, 2.75) is 4.90 Å². The molecule has 0 atom stereocenters. The molecule has 2 heterocycles. The van der Waals surface area contributed by atoms with Gasteiger partial charge in [0.05, 0.1) is 22.2 Å². The van der Waals surface area contributed by atoms with E-state index >= 15 is 0 Å². The Morgan fingerprint density at radius 3 is 2.41 bits per heavy atom. The van der Waals surface area contributed by atoms with Crippen LogP contribution >= 0.6 is 0 Å². The number of nitro benzene ring substituents is 1. The second-order valence-corrected chi connectivity index (χ2v) is 7.65. The van der Waals surface area contributed by atoms with Gasteiger partial charge in [-0.3, -0.25) is 10.1 Å². The van der Waals surface area contributed by atoms with E-state index in [0.29, 0.717) is 18.9 Å². The molecule has 1 saturated heterocycles. The number of nitro groups is 1. The molecule has 1 aliphatic heterocycles. The molecule has 0 unspecified atom stereocenters. The average Bonchev–Trinajstić information content (AvgIpc) is 2.68. The molecule has 0 aliphatic carbocycles. The predicted octanol–water partition coefficient (Wildman–Crippen LogP) is 0.594. The lowest BCUT2D eigenvalue weighted by molar-refractivity contribution is -0.385. The Morgan fingerprint density at radius 1 is 1.15 bits per heavy atom. The van der Waals surface area contributed by atoms with Gasteiger partial charge in [0.1, 0.15) is 5.82 Å². The zero-order valence-corrected chi connectivity index (χ0v) is 14.7. The predicted molar refractivity (Wildman–Crippen MR) is 93.1 cm³/mol. The number of rotatable bonds is 5. The zero-order valence-electron chi connectivity index (χ0n) is 13.9. The van der Waals surface area contributed by atoms with Crippen LogP contribution in [-0.4, -0.2) is 64.9 Å². The van der Waals surface area contributed by atoms with Gasteiger partial charge in [0, 0.05) is 38.3 Å². The SMILES string of the molecule is O=C(O)c1cnc(N2CCN(S(=O)(=O)c3cccc([N+](=O)[O-])c3)CC2)cn1. The highest BCUT2D eigenvalue weighted by Gasteiger charge is 2.30. The van der Waals surface area contributed by atoms with Crippen LogP contribution in [0.15, 0.2) is 41.6 Å². The fourth-order valence-electron chi connectivity index (χ4n) is 2.66. The lowest BCUT2D eigenvalue weighted by atomic mass is 10.3. The van der Waals surface area contributed by atoms with E-state index in [4.69, 9.17) is 5.11 Å². The lowest BCUT2D eigenvalue weighted by Crippen LogP contribution is -2.49. The van der Waals surface area contributed by atoms with Crippen LogP contribution in [0.3, 0.4) is 0 Å². The van der Waals surface area contributed by atoms with Crippen LogP contribution in [0.25, 0.3) is 0 Å². The first kappa shape index (κ1) is 18.7. The number of nitrogens with zero attached hydrogens (tertiary/aromatic N) is 5. The van der Waals surface area contributed by atoms with Gasteiger partial charge >= 0.3 is 5.97 Å². The fraction of sp³-hybridized carbons (Fsp3) is 0.267. The Hall–Kier alpha value is -3.12. The number of sulfonamides is 1. The van der Waals surface area contributed by atoms with Crippen molar-refractivity contribution in [1.82, 2.24) is 14.3 Å². The van der Waals surface area contributed by atoms with Gasteiger partial charge in [-0.25, -0.2) is 23.2 Å². The summed E-state index contributed by atoms with van der Waals surface area (Å²) in [5, 5.41) is 19.7. The van der Waals surface area contributed by atoms with Gasteiger partial charge in [-0.15, -0.1) is 0 Å². The summed E-state index contributed by atoms with van der Waals surface area (Å²) in [6, 6.07) is 4.93. The van der Waals surface area contributed by atoms with E-state index in [1.807, 2.05) is 0 Å². The molecule has 1 aliphatic rings. The highest BCUT2D eigenvalue weighted by molar-refractivity contribution is 7.89. The maximum absolute atomic E-state index is 12.7. The normalized spacial score (nSPS) is 15.5. The molecule has 1 N–H and O–H groups in total. The number of benzene rings is 1. The number of aromatic carboxylic acids is 1. The summed E-state index contributed by atoms with van der Waals surface area (Å²) in [6.45, 7) is 0.977. The molecule has 1 aromatic heterocycles. The van der Waals surface area contributed by atoms with Crippen LogP contribution in [0.5, 0.6) is 0 Å². The van der Waals surface area contributed by atoms with Crippen molar-refractivity contribution in [3.8, 4) is 0 Å². The number of hydrogen-bond donors (Lipinski definition) is 1. The van der Waals surface area contributed by atoms with Gasteiger partial charge in [0.2, 0.25) is 10.0 Å². The smallest absolute Gasteiger partial charge is 0.356 e. The molecule has 2 aromatic rings. The Balaban J connectivity index is 1.72. The number of piperazine rings is 1. The molecular formula is C15H15N5O6S. The first-order valence-electron chi connectivity index (χ1n) is 7.84. The van der Waals surface area contributed by atoms with Gasteiger partial charge in [0.15, 0.2) is 5.69 Å². The summed E-state index contributed by atoms with van der Waals surface area (Å²) in [7, 11) is -3.85. The van der Waals surface area contributed by atoms with E-state index in [1.165, 1.54) is 28.7 Å². The van der Waals surface area contributed by atoms with Gasteiger partial charge in [-0.05, 0) is 6.07 Å². The molecule has 11 nitrogen and oxygen atoms in total. The van der Waals surface area contributed by atoms with E-state index in [2.05, 4.69) is 9.97 Å². The van der Waals surface area contributed by atoms with Gasteiger partial charge in [0.25, 0.3) is 5.69 Å². The molecule has 0 amide bonds. The molecule has 12 heteroatoms. The minimum Gasteiger partial charge on any atom is -0.476 e. The van der Waals surface area contributed by atoms with Crippen LogP contribution in [0.2, 0.25) is 0 Å². The van der Waals surface area contributed by atoms with E-state index in [0.717, 1.165) is 12.3 Å². The summed E-state index contributed by atoms with van der Waals surface area (Å²) in [5.41, 5.74) is -0.464. The van der Waals surface area contributed by atoms with E-state index in [-0.39, 0.29) is 29.4 Å². The Kier molecular flexibility index (Phi) is 5.01. The second-order valence-electron chi connectivity index (χ2n) is 5.71. The molecular weight excluding hydrogens is 378 g/mol. The second kappa shape index (κ2) is 7.25. The molecule has 0 saturated carbocycles. The molecule has 0 radical (unpaired) electrons. The van der Waals surface area contributed by atoms with Crippen molar-refractivity contribution in [2.75, 3.05) is 31.1 Å². The summed E-state index contributed by atoms with van der Waals surface area (Å²) in [4.78, 5) is 30.5. The molecule has 1 fully saturated rings.